The summed E-state index contributed by atoms with van der Waals surface area (Å²) in [4.78, 5) is 4.04. The third kappa shape index (κ3) is 3.05. The molecule has 15 heavy (non-hydrogen) atoms. The molecular weight excluding hydrogens is 267 g/mol. The first-order chi connectivity index (χ1) is 6.66. The van der Waals surface area contributed by atoms with Gasteiger partial charge < -0.3 is 0 Å². The summed E-state index contributed by atoms with van der Waals surface area (Å²) in [5.74, 6) is 0. The van der Waals surface area contributed by atoms with E-state index in [9.17, 15) is 8.42 Å². The third-order valence-corrected chi connectivity index (χ3v) is 3.34. The molecule has 1 N–H and O–H groups in total. The van der Waals surface area contributed by atoms with Gasteiger partial charge >= 0.3 is 0 Å². The number of rotatable bonds is 2. The van der Waals surface area contributed by atoms with Crippen LogP contribution >= 0.6 is 22.9 Å². The SMILES string of the molecule is O=[SH](=O)Nc1nc2c(Cl)cccc2s1.[Na]. The molecule has 1 aromatic carbocycles. The van der Waals surface area contributed by atoms with E-state index in [0.29, 0.717) is 15.7 Å². The molecule has 0 aliphatic heterocycles. The molecule has 0 fully saturated rings. The van der Waals surface area contributed by atoms with Crippen molar-refractivity contribution in [1.82, 2.24) is 4.98 Å². The average Bonchev–Trinajstić information content (AvgIpc) is 2.47. The molecule has 2 rings (SSSR count). The van der Waals surface area contributed by atoms with Crippen LogP contribution in [0.3, 0.4) is 0 Å². The molecule has 0 saturated carbocycles. The number of anilines is 1. The van der Waals surface area contributed by atoms with Crippen LogP contribution in [0.5, 0.6) is 0 Å². The quantitative estimate of drug-likeness (QED) is 0.643. The van der Waals surface area contributed by atoms with E-state index in [4.69, 9.17) is 11.6 Å². The maximum absolute atomic E-state index is 10.4. The van der Waals surface area contributed by atoms with Crippen molar-refractivity contribution in [2.75, 3.05) is 4.72 Å². The number of hydrogen-bond donors (Lipinski definition) is 2. The van der Waals surface area contributed by atoms with Gasteiger partial charge in [0, 0.05) is 29.6 Å². The minimum absolute atomic E-state index is 0. The zero-order valence-electron chi connectivity index (χ0n) is 7.73. The van der Waals surface area contributed by atoms with Crippen molar-refractivity contribution in [2.24, 2.45) is 0 Å². The van der Waals surface area contributed by atoms with Crippen molar-refractivity contribution in [3.63, 3.8) is 0 Å². The van der Waals surface area contributed by atoms with Crippen LogP contribution < -0.4 is 4.72 Å². The number of para-hydroxylation sites is 1. The maximum Gasteiger partial charge on any atom is 0.224 e. The Morgan fingerprint density at radius 3 is 2.73 bits per heavy atom. The van der Waals surface area contributed by atoms with Gasteiger partial charge in [0.1, 0.15) is 5.52 Å². The Labute approximate surface area is 119 Å². The molecule has 4 nitrogen and oxygen atoms in total. The fourth-order valence-electron chi connectivity index (χ4n) is 1.04. The van der Waals surface area contributed by atoms with E-state index < -0.39 is 10.9 Å². The number of hydrogen-bond acceptors (Lipinski definition) is 4. The monoisotopic (exact) mass is 271 g/mol. The molecule has 1 aromatic heterocycles. The molecule has 0 aliphatic carbocycles. The third-order valence-electron chi connectivity index (χ3n) is 1.56. The molecule has 0 unspecified atom stereocenters. The smallest absolute Gasteiger partial charge is 0.224 e. The van der Waals surface area contributed by atoms with Crippen molar-refractivity contribution in [2.45, 2.75) is 0 Å². The molecule has 75 valence electrons. The first-order valence-corrected chi connectivity index (χ1v) is 6.00. The molecule has 1 radical (unpaired) electrons. The molecule has 2 aromatic rings. The predicted octanol–water partition coefficient (Wildman–Crippen LogP) is 1.51. The summed E-state index contributed by atoms with van der Waals surface area (Å²) in [6.07, 6.45) is 0. The summed E-state index contributed by atoms with van der Waals surface area (Å²) in [6, 6.07) is 5.34. The van der Waals surface area contributed by atoms with Crippen LogP contribution in [-0.2, 0) is 10.9 Å². The first kappa shape index (κ1) is 13.2. The Morgan fingerprint density at radius 1 is 1.40 bits per heavy atom. The van der Waals surface area contributed by atoms with E-state index in [2.05, 4.69) is 9.71 Å². The number of nitrogens with one attached hydrogen (secondary N) is 1. The maximum atomic E-state index is 10.4. The van der Waals surface area contributed by atoms with Gasteiger partial charge in [0.05, 0.1) is 9.72 Å². The Balaban J connectivity index is 0.00000112. The van der Waals surface area contributed by atoms with Gasteiger partial charge in [-0.1, -0.05) is 29.0 Å². The Kier molecular flexibility index (Phi) is 4.82. The summed E-state index contributed by atoms with van der Waals surface area (Å²) in [7, 11) is -2.67. The zero-order valence-corrected chi connectivity index (χ0v) is 12.2. The molecule has 0 aliphatic rings. The topological polar surface area (TPSA) is 59.1 Å². The molecule has 8 heteroatoms. The fraction of sp³-hybridized carbons (Fsp3) is 0. The van der Waals surface area contributed by atoms with Crippen LogP contribution in [-0.4, -0.2) is 43.0 Å². The van der Waals surface area contributed by atoms with Gasteiger partial charge in [-0.3, -0.25) is 4.72 Å². The molecule has 0 saturated heterocycles. The molecule has 0 amide bonds. The van der Waals surface area contributed by atoms with Crippen molar-refractivity contribution in [1.29, 1.82) is 0 Å². The van der Waals surface area contributed by atoms with E-state index in [1.807, 2.05) is 6.07 Å². The van der Waals surface area contributed by atoms with Crippen molar-refractivity contribution in [3.8, 4) is 0 Å². The number of fused-ring (bicyclic) bond motifs is 1. The Hall–Kier alpha value is 0.150. The summed E-state index contributed by atoms with van der Waals surface area (Å²) >= 11 is 7.12. The van der Waals surface area contributed by atoms with Crippen LogP contribution in [0.1, 0.15) is 0 Å². The minimum atomic E-state index is -2.67. The van der Waals surface area contributed by atoms with Crippen LogP contribution in [0, 0.1) is 0 Å². The van der Waals surface area contributed by atoms with Gasteiger partial charge in [0.15, 0.2) is 5.13 Å². The summed E-state index contributed by atoms with van der Waals surface area (Å²) < 4.78 is 23.9. The van der Waals surface area contributed by atoms with E-state index in [-0.39, 0.29) is 29.6 Å². The summed E-state index contributed by atoms with van der Waals surface area (Å²) in [6.45, 7) is 0. The number of thiazole rings is 1. The van der Waals surface area contributed by atoms with E-state index in [1.54, 1.807) is 12.1 Å². The van der Waals surface area contributed by atoms with Crippen LogP contribution in [0.25, 0.3) is 10.2 Å². The Morgan fingerprint density at radius 2 is 2.13 bits per heavy atom. The van der Waals surface area contributed by atoms with Gasteiger partial charge in [-0.2, -0.15) is 0 Å². The number of halogens is 1. The predicted molar refractivity (Wildman–Crippen MR) is 64.3 cm³/mol. The standard InChI is InChI=1S/C7H5ClN2O2S2.Na/c8-4-2-1-3-5-6(4)9-7(13-5)10-14(11)12;/h1-3,14H,(H,9,10,11,12);. The normalized spacial score (nSPS) is 10.3. The molecule has 0 spiro atoms. The van der Waals surface area contributed by atoms with Gasteiger partial charge in [0.2, 0.25) is 10.9 Å². The van der Waals surface area contributed by atoms with Crippen LogP contribution in [0.15, 0.2) is 18.2 Å². The number of thiol groups is 1. The van der Waals surface area contributed by atoms with E-state index >= 15 is 0 Å². The van der Waals surface area contributed by atoms with Crippen molar-refractivity contribution < 1.29 is 8.42 Å². The van der Waals surface area contributed by atoms with E-state index in [1.165, 1.54) is 11.3 Å². The summed E-state index contributed by atoms with van der Waals surface area (Å²) in [5.41, 5.74) is 0.624. The second kappa shape index (κ2) is 5.47. The first-order valence-electron chi connectivity index (χ1n) is 3.63. The largest absolute Gasteiger partial charge is 0.261 e. The molecule has 0 bridgehead atoms. The van der Waals surface area contributed by atoms with Crippen molar-refractivity contribution in [3.05, 3.63) is 23.2 Å². The minimum Gasteiger partial charge on any atom is -0.261 e. The fourth-order valence-corrected chi connectivity index (χ4v) is 2.67. The van der Waals surface area contributed by atoms with Crippen LogP contribution in [0.4, 0.5) is 5.13 Å². The number of aromatic nitrogens is 1. The van der Waals surface area contributed by atoms with Gasteiger partial charge in [0.25, 0.3) is 0 Å². The number of benzene rings is 1. The van der Waals surface area contributed by atoms with Crippen molar-refractivity contribution >= 4 is 78.7 Å². The second-order valence-corrected chi connectivity index (χ2v) is 4.65. The van der Waals surface area contributed by atoms with Gasteiger partial charge in [-0.25, -0.2) is 13.4 Å². The molecule has 1 heterocycles. The number of nitrogens with zero attached hydrogens (tertiary/aromatic N) is 1. The average molecular weight is 272 g/mol. The molecule has 0 atom stereocenters. The van der Waals surface area contributed by atoms with E-state index in [0.717, 1.165) is 4.70 Å². The van der Waals surface area contributed by atoms with Crippen LogP contribution in [0.2, 0.25) is 5.02 Å². The van der Waals surface area contributed by atoms with Gasteiger partial charge in [-0.15, -0.1) is 0 Å². The Bertz CT molecular complexity index is 547. The summed E-state index contributed by atoms with van der Waals surface area (Å²) in [5, 5.41) is 0.858. The van der Waals surface area contributed by atoms with Gasteiger partial charge in [-0.05, 0) is 12.1 Å². The molecular formula is C7H5ClN2NaO2S2. The second-order valence-electron chi connectivity index (χ2n) is 2.47. The zero-order chi connectivity index (χ0) is 10.1.